The number of thiol groups is 1. The second kappa shape index (κ2) is 12.1. The highest BCUT2D eigenvalue weighted by Gasteiger charge is 2.18. The highest BCUT2D eigenvalue weighted by atomic mass is 35.5. The molecule has 3 rings (SSSR count). The maximum absolute atomic E-state index is 12.7. The predicted molar refractivity (Wildman–Crippen MR) is 138 cm³/mol. The number of nitrogens with one attached hydrogen (secondary N) is 2. The van der Waals surface area contributed by atoms with E-state index in [0.717, 1.165) is 16.8 Å². The number of aromatic nitrogens is 1. The van der Waals surface area contributed by atoms with Crippen molar-refractivity contribution in [1.82, 2.24) is 10.3 Å². The molecule has 4 N–H and O–H groups in total. The summed E-state index contributed by atoms with van der Waals surface area (Å²) in [6, 6.07) is 18.6. The number of carbonyl (C=O) groups is 1. The lowest BCUT2D eigenvalue weighted by molar-refractivity contribution is -0.127. The first-order valence-electron chi connectivity index (χ1n) is 10.4. The summed E-state index contributed by atoms with van der Waals surface area (Å²) >= 11 is 16.2. The van der Waals surface area contributed by atoms with Crippen molar-refractivity contribution in [3.05, 3.63) is 76.3 Å². The van der Waals surface area contributed by atoms with Gasteiger partial charge in [-0.15, -0.1) is 0 Å². The molecule has 0 saturated heterocycles. The third kappa shape index (κ3) is 7.27. The van der Waals surface area contributed by atoms with E-state index >= 15 is 0 Å². The minimum Gasteiger partial charge on any atom is -0.463 e. The molecule has 174 valence electrons. The number of ether oxygens (including phenoxy) is 1. The Hall–Kier alpha value is -2.45. The Bertz CT molecular complexity index is 1090. The fraction of sp³-hybridized carbons (Fsp3) is 0.250. The summed E-state index contributed by atoms with van der Waals surface area (Å²) in [7, 11) is 0. The van der Waals surface area contributed by atoms with Gasteiger partial charge in [0.2, 0.25) is 5.88 Å². The van der Waals surface area contributed by atoms with E-state index in [2.05, 4.69) is 28.2 Å². The van der Waals surface area contributed by atoms with Gasteiger partial charge in [-0.05, 0) is 36.8 Å². The SMILES string of the molecule is CC(Oc1nc(-c2ccccc2)ccc1NCC(N)CS)C(=O)NCc1ccc(Cl)c(Cl)c1. The van der Waals surface area contributed by atoms with E-state index in [1.165, 1.54) is 0 Å². The molecule has 1 heterocycles. The molecular formula is C24H26Cl2N4O2S. The molecule has 0 aliphatic heterocycles. The van der Waals surface area contributed by atoms with E-state index in [4.69, 9.17) is 33.7 Å². The van der Waals surface area contributed by atoms with Crippen molar-refractivity contribution in [1.29, 1.82) is 0 Å². The highest BCUT2D eigenvalue weighted by molar-refractivity contribution is 7.80. The smallest absolute Gasteiger partial charge is 0.261 e. The van der Waals surface area contributed by atoms with Gasteiger partial charge in [0.1, 0.15) is 0 Å². The molecule has 0 aliphatic rings. The lowest BCUT2D eigenvalue weighted by Crippen LogP contribution is -2.36. The van der Waals surface area contributed by atoms with Gasteiger partial charge in [0.15, 0.2) is 6.10 Å². The summed E-state index contributed by atoms with van der Waals surface area (Å²) in [4.78, 5) is 17.3. The van der Waals surface area contributed by atoms with Crippen molar-refractivity contribution in [2.75, 3.05) is 17.6 Å². The molecule has 33 heavy (non-hydrogen) atoms. The van der Waals surface area contributed by atoms with Crippen LogP contribution in [0.2, 0.25) is 10.0 Å². The number of rotatable bonds is 10. The molecule has 2 unspecified atom stereocenters. The molecule has 0 saturated carbocycles. The number of amides is 1. The van der Waals surface area contributed by atoms with Crippen molar-refractivity contribution < 1.29 is 9.53 Å². The van der Waals surface area contributed by atoms with Crippen molar-refractivity contribution in [2.24, 2.45) is 5.73 Å². The standard InChI is InChI=1S/C24H26Cl2N4O2S/c1-15(23(31)29-12-16-7-8-19(25)20(26)11-16)32-24-22(28-13-18(27)14-33)10-9-21(30-24)17-5-3-2-4-6-17/h2-11,15,18,28,33H,12-14,27H2,1H3,(H,29,31). The summed E-state index contributed by atoms with van der Waals surface area (Å²) in [5, 5.41) is 6.98. The topological polar surface area (TPSA) is 89.3 Å². The molecule has 3 aromatic rings. The molecule has 0 radical (unpaired) electrons. The quantitative estimate of drug-likeness (QED) is 0.297. The van der Waals surface area contributed by atoms with Crippen LogP contribution in [0.1, 0.15) is 12.5 Å². The van der Waals surface area contributed by atoms with Crippen LogP contribution in [0.5, 0.6) is 5.88 Å². The van der Waals surface area contributed by atoms with Gasteiger partial charge in [0.25, 0.3) is 5.91 Å². The van der Waals surface area contributed by atoms with Gasteiger partial charge in [-0.3, -0.25) is 4.79 Å². The third-order valence-corrected chi connectivity index (χ3v) is 6.04. The number of pyridine rings is 1. The van der Waals surface area contributed by atoms with E-state index in [-0.39, 0.29) is 11.9 Å². The van der Waals surface area contributed by atoms with E-state index in [1.807, 2.05) is 42.5 Å². The minimum atomic E-state index is -0.787. The van der Waals surface area contributed by atoms with Crippen molar-refractivity contribution in [3.63, 3.8) is 0 Å². The molecular weight excluding hydrogens is 479 g/mol. The van der Waals surface area contributed by atoms with Gasteiger partial charge in [-0.1, -0.05) is 59.6 Å². The van der Waals surface area contributed by atoms with E-state index in [1.54, 1.807) is 25.1 Å². The number of hydrogen-bond acceptors (Lipinski definition) is 6. The Morgan fingerprint density at radius 3 is 2.58 bits per heavy atom. The van der Waals surface area contributed by atoms with Gasteiger partial charge in [-0.2, -0.15) is 12.6 Å². The number of nitrogens with zero attached hydrogens (tertiary/aromatic N) is 1. The second-order valence-electron chi connectivity index (χ2n) is 7.47. The number of hydrogen-bond donors (Lipinski definition) is 4. The van der Waals surface area contributed by atoms with Gasteiger partial charge < -0.3 is 21.1 Å². The zero-order valence-corrected chi connectivity index (χ0v) is 20.5. The van der Waals surface area contributed by atoms with Crippen LogP contribution in [0.4, 0.5) is 5.69 Å². The van der Waals surface area contributed by atoms with Crippen LogP contribution in [-0.4, -0.2) is 35.3 Å². The first-order chi connectivity index (χ1) is 15.9. The molecule has 1 aromatic heterocycles. The first kappa shape index (κ1) is 25.2. The zero-order valence-electron chi connectivity index (χ0n) is 18.1. The van der Waals surface area contributed by atoms with Crippen LogP contribution in [0.15, 0.2) is 60.7 Å². The lowest BCUT2D eigenvalue weighted by atomic mass is 10.1. The van der Waals surface area contributed by atoms with E-state index < -0.39 is 6.10 Å². The number of benzene rings is 2. The molecule has 2 atom stereocenters. The zero-order chi connectivity index (χ0) is 23.8. The molecule has 6 nitrogen and oxygen atoms in total. The summed E-state index contributed by atoms with van der Waals surface area (Å²) in [6.07, 6.45) is -0.787. The summed E-state index contributed by atoms with van der Waals surface area (Å²) in [5.41, 5.74) is 9.13. The summed E-state index contributed by atoms with van der Waals surface area (Å²) in [6.45, 7) is 2.46. The Morgan fingerprint density at radius 1 is 1.12 bits per heavy atom. The van der Waals surface area contributed by atoms with Crippen LogP contribution in [-0.2, 0) is 11.3 Å². The van der Waals surface area contributed by atoms with Crippen molar-refractivity contribution in [3.8, 4) is 17.1 Å². The van der Waals surface area contributed by atoms with E-state index in [9.17, 15) is 4.79 Å². The van der Waals surface area contributed by atoms with Crippen LogP contribution in [0.25, 0.3) is 11.3 Å². The monoisotopic (exact) mass is 504 g/mol. The van der Waals surface area contributed by atoms with E-state index in [0.29, 0.717) is 40.5 Å². The van der Waals surface area contributed by atoms with Crippen LogP contribution in [0.3, 0.4) is 0 Å². The van der Waals surface area contributed by atoms with Crippen molar-refractivity contribution >= 4 is 47.4 Å². The predicted octanol–water partition coefficient (Wildman–Crippen LogP) is 4.81. The molecule has 0 aliphatic carbocycles. The van der Waals surface area contributed by atoms with Crippen LogP contribution >= 0.6 is 35.8 Å². The fourth-order valence-electron chi connectivity index (χ4n) is 2.94. The molecule has 1 amide bonds. The number of anilines is 1. The Labute approximate surface area is 209 Å². The highest BCUT2D eigenvalue weighted by Crippen LogP contribution is 2.28. The summed E-state index contributed by atoms with van der Waals surface area (Å²) < 4.78 is 5.97. The average Bonchev–Trinajstić information content (AvgIpc) is 2.83. The maximum atomic E-state index is 12.7. The fourth-order valence-corrected chi connectivity index (χ4v) is 3.39. The Morgan fingerprint density at radius 2 is 1.88 bits per heavy atom. The number of nitrogens with two attached hydrogens (primary N) is 1. The first-order valence-corrected chi connectivity index (χ1v) is 11.8. The Kier molecular flexibility index (Phi) is 9.26. The summed E-state index contributed by atoms with van der Waals surface area (Å²) in [5.74, 6) is 0.567. The average molecular weight is 505 g/mol. The Balaban J connectivity index is 1.73. The van der Waals surface area contributed by atoms with Gasteiger partial charge >= 0.3 is 0 Å². The van der Waals surface area contributed by atoms with Crippen LogP contribution in [0, 0.1) is 0 Å². The lowest BCUT2D eigenvalue weighted by Gasteiger charge is -2.19. The largest absolute Gasteiger partial charge is 0.463 e. The third-order valence-electron chi connectivity index (χ3n) is 4.83. The normalized spacial score (nSPS) is 12.6. The molecule has 9 heteroatoms. The van der Waals surface area contributed by atoms with Gasteiger partial charge in [-0.25, -0.2) is 4.98 Å². The number of halogens is 2. The molecule has 0 fully saturated rings. The van der Waals surface area contributed by atoms with Gasteiger partial charge in [0.05, 0.1) is 21.4 Å². The molecule has 2 aromatic carbocycles. The van der Waals surface area contributed by atoms with Crippen LogP contribution < -0.4 is 21.1 Å². The minimum absolute atomic E-state index is 0.137. The molecule has 0 spiro atoms. The van der Waals surface area contributed by atoms with Crippen molar-refractivity contribution in [2.45, 2.75) is 25.6 Å². The molecule has 0 bridgehead atoms. The maximum Gasteiger partial charge on any atom is 0.261 e. The number of carbonyl (C=O) groups excluding carboxylic acids is 1. The van der Waals surface area contributed by atoms with Gasteiger partial charge in [0, 0.05) is 30.4 Å². The second-order valence-corrected chi connectivity index (χ2v) is 8.64.